The van der Waals surface area contributed by atoms with Crippen LogP contribution in [0.5, 0.6) is 0 Å². The molecule has 0 aliphatic rings. The van der Waals surface area contributed by atoms with Crippen molar-refractivity contribution in [3.63, 3.8) is 0 Å². The second-order valence-electron chi connectivity index (χ2n) is 5.38. The van der Waals surface area contributed by atoms with Crippen molar-refractivity contribution in [2.24, 2.45) is 4.99 Å². The van der Waals surface area contributed by atoms with Gasteiger partial charge in [-0.25, -0.2) is 14.7 Å². The molecule has 8 heteroatoms. The second kappa shape index (κ2) is 10.5. The number of hydrogen-bond donors (Lipinski definition) is 2. The zero-order chi connectivity index (χ0) is 17.3. The molecule has 0 saturated carbocycles. The van der Waals surface area contributed by atoms with Crippen molar-refractivity contribution in [3.8, 4) is 5.69 Å². The number of nitrogens with one attached hydrogen (secondary N) is 2. The molecule has 0 spiro atoms. The summed E-state index contributed by atoms with van der Waals surface area (Å²) in [6.07, 6.45) is 4.99. The third kappa shape index (κ3) is 5.80. The van der Waals surface area contributed by atoms with Crippen LogP contribution in [-0.4, -0.2) is 32.3 Å². The van der Waals surface area contributed by atoms with Gasteiger partial charge < -0.3 is 10.6 Å². The SMILES string of the molecule is CCNC(=NCc1ccc(-n2cncn2)cc1)NCc1ccccn1.I. The molecule has 2 heterocycles. The molecule has 0 atom stereocenters. The van der Waals surface area contributed by atoms with E-state index >= 15 is 0 Å². The maximum absolute atomic E-state index is 4.62. The molecule has 0 fully saturated rings. The van der Waals surface area contributed by atoms with Crippen molar-refractivity contribution in [2.75, 3.05) is 6.54 Å². The third-order valence-electron chi connectivity index (χ3n) is 3.55. The second-order valence-corrected chi connectivity index (χ2v) is 5.38. The highest BCUT2D eigenvalue weighted by Gasteiger charge is 2.00. The van der Waals surface area contributed by atoms with E-state index in [0.29, 0.717) is 13.1 Å². The van der Waals surface area contributed by atoms with Crippen LogP contribution in [0.3, 0.4) is 0 Å². The van der Waals surface area contributed by atoms with E-state index < -0.39 is 0 Å². The van der Waals surface area contributed by atoms with Gasteiger partial charge in [0, 0.05) is 12.7 Å². The van der Waals surface area contributed by atoms with E-state index in [1.807, 2.05) is 49.4 Å². The molecule has 136 valence electrons. The predicted octanol–water partition coefficient (Wildman–Crippen LogP) is 2.54. The topological polar surface area (TPSA) is 80.0 Å². The first kappa shape index (κ1) is 19.8. The van der Waals surface area contributed by atoms with E-state index in [9.17, 15) is 0 Å². The molecular formula is C18H22IN7. The monoisotopic (exact) mass is 463 g/mol. The highest BCUT2D eigenvalue weighted by atomic mass is 127. The van der Waals surface area contributed by atoms with Gasteiger partial charge in [0.05, 0.1) is 24.5 Å². The van der Waals surface area contributed by atoms with E-state index in [1.54, 1.807) is 17.2 Å². The highest BCUT2D eigenvalue weighted by Crippen LogP contribution is 2.08. The molecule has 0 aliphatic carbocycles. The van der Waals surface area contributed by atoms with Crippen LogP contribution < -0.4 is 10.6 Å². The molecule has 0 radical (unpaired) electrons. The summed E-state index contributed by atoms with van der Waals surface area (Å²) in [6.45, 7) is 4.08. The molecule has 7 nitrogen and oxygen atoms in total. The fourth-order valence-electron chi connectivity index (χ4n) is 2.28. The average molecular weight is 463 g/mol. The van der Waals surface area contributed by atoms with Crippen LogP contribution >= 0.6 is 24.0 Å². The number of aromatic nitrogens is 4. The number of pyridine rings is 1. The molecule has 1 aromatic carbocycles. The molecule has 3 rings (SSSR count). The zero-order valence-electron chi connectivity index (χ0n) is 14.5. The Bertz CT molecular complexity index is 786. The van der Waals surface area contributed by atoms with Gasteiger partial charge in [0.25, 0.3) is 0 Å². The summed E-state index contributed by atoms with van der Waals surface area (Å²) in [6, 6.07) is 14.0. The summed E-state index contributed by atoms with van der Waals surface area (Å²) >= 11 is 0. The van der Waals surface area contributed by atoms with Crippen LogP contribution in [0.1, 0.15) is 18.2 Å². The van der Waals surface area contributed by atoms with Crippen molar-refractivity contribution in [1.29, 1.82) is 0 Å². The Kier molecular flexibility index (Phi) is 8.00. The minimum atomic E-state index is 0. The quantitative estimate of drug-likeness (QED) is 0.334. The smallest absolute Gasteiger partial charge is 0.191 e. The number of aliphatic imine (C=N–C) groups is 1. The Morgan fingerprint density at radius 1 is 1.12 bits per heavy atom. The molecule has 0 amide bonds. The molecular weight excluding hydrogens is 441 g/mol. The first-order chi connectivity index (χ1) is 12.3. The van der Waals surface area contributed by atoms with Gasteiger partial charge in [0.2, 0.25) is 0 Å². The Balaban J connectivity index is 0.00000243. The van der Waals surface area contributed by atoms with E-state index in [0.717, 1.165) is 29.4 Å². The largest absolute Gasteiger partial charge is 0.357 e. The van der Waals surface area contributed by atoms with Gasteiger partial charge in [0.1, 0.15) is 12.7 Å². The van der Waals surface area contributed by atoms with Gasteiger partial charge in [-0.2, -0.15) is 5.10 Å². The van der Waals surface area contributed by atoms with Crippen LogP contribution in [-0.2, 0) is 13.1 Å². The van der Waals surface area contributed by atoms with Gasteiger partial charge in [-0.3, -0.25) is 4.98 Å². The summed E-state index contributed by atoms with van der Waals surface area (Å²) in [5.74, 6) is 0.772. The van der Waals surface area contributed by atoms with Crippen LogP contribution in [0.15, 0.2) is 66.3 Å². The van der Waals surface area contributed by atoms with Crippen LogP contribution in [0.25, 0.3) is 5.69 Å². The van der Waals surface area contributed by atoms with E-state index in [2.05, 4.69) is 30.7 Å². The Labute approximate surface area is 170 Å². The summed E-state index contributed by atoms with van der Waals surface area (Å²) in [4.78, 5) is 12.9. The fourth-order valence-corrected chi connectivity index (χ4v) is 2.28. The van der Waals surface area contributed by atoms with Gasteiger partial charge in [0.15, 0.2) is 5.96 Å². The van der Waals surface area contributed by atoms with Gasteiger partial charge >= 0.3 is 0 Å². The minimum Gasteiger partial charge on any atom is -0.357 e. The summed E-state index contributed by atoms with van der Waals surface area (Å²) in [5, 5.41) is 10.7. The van der Waals surface area contributed by atoms with E-state index in [-0.39, 0.29) is 24.0 Å². The number of benzene rings is 1. The van der Waals surface area contributed by atoms with Gasteiger partial charge in [-0.15, -0.1) is 24.0 Å². The van der Waals surface area contributed by atoms with Gasteiger partial charge in [-0.05, 0) is 36.8 Å². The number of halogens is 1. The summed E-state index contributed by atoms with van der Waals surface area (Å²) in [7, 11) is 0. The average Bonchev–Trinajstić information content (AvgIpc) is 3.20. The minimum absolute atomic E-state index is 0. The van der Waals surface area contributed by atoms with Crippen molar-refractivity contribution < 1.29 is 0 Å². The number of hydrogen-bond acceptors (Lipinski definition) is 4. The van der Waals surface area contributed by atoms with E-state index in [1.165, 1.54) is 6.33 Å². The standard InChI is InChI=1S/C18H21N7.HI/c1-2-20-18(23-12-16-5-3-4-10-21-16)22-11-15-6-8-17(9-7-15)25-14-19-13-24-25;/h3-10,13-14H,2,11-12H2,1H3,(H2,20,22,23);1H. The summed E-state index contributed by atoms with van der Waals surface area (Å²) < 4.78 is 1.73. The molecule has 2 aromatic heterocycles. The third-order valence-corrected chi connectivity index (χ3v) is 3.55. The molecule has 2 N–H and O–H groups in total. The Morgan fingerprint density at radius 2 is 1.96 bits per heavy atom. The molecule has 0 bridgehead atoms. The van der Waals surface area contributed by atoms with Crippen LogP contribution in [0.4, 0.5) is 0 Å². The first-order valence-electron chi connectivity index (χ1n) is 8.21. The Hall–Kier alpha value is -2.49. The van der Waals surface area contributed by atoms with Gasteiger partial charge in [-0.1, -0.05) is 18.2 Å². The van der Waals surface area contributed by atoms with Crippen LogP contribution in [0, 0.1) is 0 Å². The number of nitrogens with zero attached hydrogens (tertiary/aromatic N) is 5. The van der Waals surface area contributed by atoms with Crippen LogP contribution in [0.2, 0.25) is 0 Å². The highest BCUT2D eigenvalue weighted by molar-refractivity contribution is 14.0. The zero-order valence-corrected chi connectivity index (χ0v) is 16.9. The predicted molar refractivity (Wildman–Crippen MR) is 113 cm³/mol. The first-order valence-corrected chi connectivity index (χ1v) is 8.21. The fraction of sp³-hybridized carbons (Fsp3) is 0.222. The maximum atomic E-state index is 4.62. The molecule has 26 heavy (non-hydrogen) atoms. The number of guanidine groups is 1. The van der Waals surface area contributed by atoms with E-state index in [4.69, 9.17) is 0 Å². The molecule has 0 saturated heterocycles. The number of rotatable bonds is 6. The normalized spacial score (nSPS) is 10.9. The maximum Gasteiger partial charge on any atom is 0.191 e. The molecule has 0 unspecified atom stereocenters. The lowest BCUT2D eigenvalue weighted by molar-refractivity contribution is 0.799. The van der Waals surface area contributed by atoms with Crippen molar-refractivity contribution in [1.82, 2.24) is 30.4 Å². The van der Waals surface area contributed by atoms with Crippen molar-refractivity contribution in [2.45, 2.75) is 20.0 Å². The Morgan fingerprint density at radius 3 is 2.62 bits per heavy atom. The lowest BCUT2D eigenvalue weighted by Crippen LogP contribution is -2.36. The molecule has 3 aromatic rings. The van der Waals surface area contributed by atoms with Crippen molar-refractivity contribution >= 4 is 29.9 Å². The lowest BCUT2D eigenvalue weighted by atomic mass is 10.2. The summed E-state index contributed by atoms with van der Waals surface area (Å²) in [5.41, 5.74) is 3.08. The van der Waals surface area contributed by atoms with Crippen molar-refractivity contribution in [3.05, 3.63) is 72.6 Å². The lowest BCUT2D eigenvalue weighted by Gasteiger charge is -2.11. The molecule has 0 aliphatic heterocycles.